The van der Waals surface area contributed by atoms with E-state index in [9.17, 15) is 14.4 Å². The van der Waals surface area contributed by atoms with E-state index >= 15 is 0 Å². The first-order valence-electron chi connectivity index (χ1n) is 8.10. The van der Waals surface area contributed by atoms with Gasteiger partial charge in [-0.3, -0.25) is 4.79 Å². The van der Waals surface area contributed by atoms with Gasteiger partial charge in [-0.2, -0.15) is 0 Å². The Labute approximate surface area is 144 Å². The molecular formula is C18H30N2O4. The molecule has 1 aliphatic heterocycles. The average Bonchev–Trinajstić information content (AvgIpc) is 2.92. The lowest BCUT2D eigenvalue weighted by Gasteiger charge is -2.22. The van der Waals surface area contributed by atoms with Gasteiger partial charge in [-0.15, -0.1) is 0 Å². The average molecular weight is 338 g/mol. The summed E-state index contributed by atoms with van der Waals surface area (Å²) in [6.45, 7) is 13.3. The van der Waals surface area contributed by atoms with Crippen LogP contribution in [-0.4, -0.2) is 47.9 Å². The summed E-state index contributed by atoms with van der Waals surface area (Å²) in [5.41, 5.74) is 0.518. The van der Waals surface area contributed by atoms with Crippen LogP contribution in [0.15, 0.2) is 24.3 Å². The first-order chi connectivity index (χ1) is 11.1. The molecule has 0 spiro atoms. The highest BCUT2D eigenvalue weighted by atomic mass is 16.6. The molecular weight excluding hydrogens is 308 g/mol. The van der Waals surface area contributed by atoms with E-state index in [-0.39, 0.29) is 18.5 Å². The fraction of sp³-hybridized carbons (Fsp3) is 0.611. The molecule has 6 nitrogen and oxygen atoms in total. The number of alkyl carbamates (subject to hydrolysis) is 1. The number of hydrogen-bond donors (Lipinski definition) is 1. The summed E-state index contributed by atoms with van der Waals surface area (Å²) in [5.74, 6) is -0.254. The van der Waals surface area contributed by atoms with Crippen molar-refractivity contribution in [2.45, 2.75) is 59.1 Å². The summed E-state index contributed by atoms with van der Waals surface area (Å²) in [6, 6.07) is -0.349. The third kappa shape index (κ3) is 9.82. The first-order valence-corrected chi connectivity index (χ1v) is 8.10. The molecule has 0 aliphatic carbocycles. The molecule has 0 unspecified atom stereocenters. The molecule has 0 radical (unpaired) electrons. The number of ether oxygens (including phenoxy) is 1. The van der Waals surface area contributed by atoms with E-state index in [1.165, 1.54) is 4.90 Å². The van der Waals surface area contributed by atoms with Gasteiger partial charge in [0.15, 0.2) is 0 Å². The van der Waals surface area contributed by atoms with Crippen molar-refractivity contribution in [1.29, 1.82) is 0 Å². The highest BCUT2D eigenvalue weighted by molar-refractivity contribution is 5.84. The highest BCUT2D eigenvalue weighted by Gasteiger charge is 2.28. The van der Waals surface area contributed by atoms with Crippen molar-refractivity contribution < 1.29 is 19.1 Å². The molecule has 1 atom stereocenters. The molecule has 0 saturated carbocycles. The Morgan fingerprint density at radius 1 is 1.38 bits per heavy atom. The Hall–Kier alpha value is -2.11. The van der Waals surface area contributed by atoms with Gasteiger partial charge in [0.2, 0.25) is 5.91 Å². The Balaban J connectivity index is 0.000000754. The maximum Gasteiger partial charge on any atom is 0.408 e. The van der Waals surface area contributed by atoms with E-state index in [2.05, 4.69) is 11.9 Å². The van der Waals surface area contributed by atoms with E-state index < -0.39 is 11.7 Å². The number of nitrogens with zero attached hydrogens (tertiary/aromatic N) is 1. The summed E-state index contributed by atoms with van der Waals surface area (Å²) < 4.78 is 5.01. The van der Waals surface area contributed by atoms with Crippen LogP contribution in [0.5, 0.6) is 0 Å². The Kier molecular flexibility index (Phi) is 9.69. The Morgan fingerprint density at radius 3 is 2.42 bits per heavy atom. The van der Waals surface area contributed by atoms with Crippen molar-refractivity contribution in [2.24, 2.45) is 0 Å². The van der Waals surface area contributed by atoms with Crippen LogP contribution in [0, 0.1) is 0 Å². The second kappa shape index (κ2) is 10.6. The molecule has 1 fully saturated rings. The Bertz CT molecular complexity index is 478. The zero-order valence-electron chi connectivity index (χ0n) is 15.4. The zero-order chi connectivity index (χ0) is 18.8. The standard InChI is InChI=1S/C12H20N2O4.C6H10/c1-12(2,3)18-11(17)13-7-10(16)14-6-4-5-9(14)8-15;1-4-5-6(2)3/h8-9H,4-7H2,1-3H3,(H,13,17);4-5H,2H2,1,3H3/b;5-4+/t9-;/m0./s1. The van der Waals surface area contributed by atoms with Crippen molar-refractivity contribution in [2.75, 3.05) is 13.1 Å². The van der Waals surface area contributed by atoms with Crippen molar-refractivity contribution in [3.8, 4) is 0 Å². The maximum absolute atomic E-state index is 11.8. The summed E-state index contributed by atoms with van der Waals surface area (Å²) in [5, 5.41) is 2.39. The first kappa shape index (κ1) is 21.9. The minimum Gasteiger partial charge on any atom is -0.444 e. The molecule has 0 aromatic carbocycles. The van der Waals surface area contributed by atoms with Gasteiger partial charge in [0.1, 0.15) is 18.4 Å². The second-order valence-electron chi connectivity index (χ2n) is 6.63. The van der Waals surface area contributed by atoms with Crippen molar-refractivity contribution in [3.63, 3.8) is 0 Å². The number of carbonyl (C=O) groups is 3. The normalized spacial score (nSPS) is 17.0. The van der Waals surface area contributed by atoms with Gasteiger partial charge in [0, 0.05) is 6.54 Å². The number of allylic oxidation sites excluding steroid dienone is 3. The van der Waals surface area contributed by atoms with Gasteiger partial charge >= 0.3 is 6.09 Å². The van der Waals surface area contributed by atoms with Gasteiger partial charge in [-0.05, 0) is 47.5 Å². The quantitative estimate of drug-likeness (QED) is 0.632. The molecule has 1 rings (SSSR count). The molecule has 1 aliphatic rings. The number of hydrogen-bond acceptors (Lipinski definition) is 4. The van der Waals surface area contributed by atoms with Crippen molar-refractivity contribution >= 4 is 18.3 Å². The van der Waals surface area contributed by atoms with Crippen molar-refractivity contribution in [3.05, 3.63) is 24.3 Å². The number of carbonyl (C=O) groups excluding carboxylic acids is 3. The third-order valence-corrected chi connectivity index (χ3v) is 3.01. The number of amides is 2. The van der Waals surface area contributed by atoms with Crippen LogP contribution in [-0.2, 0) is 14.3 Å². The van der Waals surface area contributed by atoms with Crippen molar-refractivity contribution in [1.82, 2.24) is 10.2 Å². The molecule has 0 aromatic heterocycles. The molecule has 1 saturated heterocycles. The molecule has 0 bridgehead atoms. The molecule has 1 N–H and O–H groups in total. The van der Waals surface area contributed by atoms with Gasteiger partial charge in [0.25, 0.3) is 0 Å². The summed E-state index contributed by atoms with van der Waals surface area (Å²) in [7, 11) is 0. The minimum atomic E-state index is -0.627. The smallest absolute Gasteiger partial charge is 0.408 e. The van der Waals surface area contributed by atoms with Gasteiger partial charge in [0.05, 0.1) is 6.04 Å². The second-order valence-corrected chi connectivity index (χ2v) is 6.63. The highest BCUT2D eigenvalue weighted by Crippen LogP contribution is 2.15. The number of likely N-dealkylation sites (tertiary alicyclic amines) is 1. The van der Waals surface area contributed by atoms with Gasteiger partial charge < -0.3 is 19.7 Å². The van der Waals surface area contributed by atoms with E-state index in [1.54, 1.807) is 20.8 Å². The number of rotatable bonds is 4. The molecule has 6 heteroatoms. The van der Waals surface area contributed by atoms with Crippen LogP contribution in [0.4, 0.5) is 4.79 Å². The topological polar surface area (TPSA) is 75.7 Å². The van der Waals surface area contributed by atoms with E-state index in [0.29, 0.717) is 13.0 Å². The summed E-state index contributed by atoms with van der Waals surface area (Å²) >= 11 is 0. The predicted octanol–water partition coefficient (Wildman–Crippen LogP) is 2.84. The van der Waals surface area contributed by atoms with E-state index in [0.717, 1.165) is 18.3 Å². The maximum atomic E-state index is 11.8. The van der Waals surface area contributed by atoms with Crippen LogP contribution >= 0.6 is 0 Å². The van der Waals surface area contributed by atoms with E-state index in [1.807, 2.05) is 26.0 Å². The Morgan fingerprint density at radius 2 is 2.00 bits per heavy atom. The van der Waals surface area contributed by atoms with Crippen LogP contribution < -0.4 is 5.32 Å². The SMILES string of the molecule is C=C(C)/C=C/C.CC(C)(C)OC(=O)NCC(=O)N1CCC[C@H]1C=O. The molecule has 24 heavy (non-hydrogen) atoms. The predicted molar refractivity (Wildman–Crippen MR) is 94.7 cm³/mol. The molecule has 2 amide bonds. The van der Waals surface area contributed by atoms with E-state index in [4.69, 9.17) is 4.74 Å². The van der Waals surface area contributed by atoms with Crippen LogP contribution in [0.2, 0.25) is 0 Å². The fourth-order valence-corrected chi connectivity index (χ4v) is 2.09. The molecule has 0 aromatic rings. The lowest BCUT2D eigenvalue weighted by molar-refractivity contribution is -0.133. The molecule has 136 valence electrons. The minimum absolute atomic E-state index is 0.140. The lowest BCUT2D eigenvalue weighted by Crippen LogP contribution is -2.44. The monoisotopic (exact) mass is 338 g/mol. The number of aldehydes is 1. The van der Waals surface area contributed by atoms with Crippen LogP contribution in [0.3, 0.4) is 0 Å². The third-order valence-electron chi connectivity index (χ3n) is 3.01. The number of nitrogens with one attached hydrogen (secondary N) is 1. The van der Waals surface area contributed by atoms with Crippen LogP contribution in [0.1, 0.15) is 47.5 Å². The van der Waals surface area contributed by atoms with Crippen LogP contribution in [0.25, 0.3) is 0 Å². The zero-order valence-corrected chi connectivity index (χ0v) is 15.4. The fourth-order valence-electron chi connectivity index (χ4n) is 2.09. The largest absolute Gasteiger partial charge is 0.444 e. The summed E-state index contributed by atoms with van der Waals surface area (Å²) in [6.07, 6.45) is 5.61. The lowest BCUT2D eigenvalue weighted by atomic mass is 10.2. The summed E-state index contributed by atoms with van der Waals surface area (Å²) in [4.78, 5) is 35.4. The van der Waals surface area contributed by atoms with Gasteiger partial charge in [-0.25, -0.2) is 4.79 Å². The van der Waals surface area contributed by atoms with Gasteiger partial charge in [-0.1, -0.05) is 24.3 Å². The molecule has 1 heterocycles.